The Morgan fingerprint density at radius 1 is 0.971 bits per heavy atom. The quantitative estimate of drug-likeness (QED) is 0.286. The van der Waals surface area contributed by atoms with Crippen LogP contribution < -0.4 is 5.84 Å². The van der Waals surface area contributed by atoms with Gasteiger partial charge >= 0.3 is 11.9 Å². The summed E-state index contributed by atoms with van der Waals surface area (Å²) in [6.07, 6.45) is 5.37. The van der Waals surface area contributed by atoms with E-state index in [-0.39, 0.29) is 5.78 Å². The van der Waals surface area contributed by atoms with Gasteiger partial charge in [0.15, 0.2) is 5.78 Å². The standard InChI is InChI=1S/C21H22ClN3O.C4H4O4/c1-24-10-8-14(9-11-24)19-13-25(23)20-7-4-16(12-18(19)20)21(26)15-2-5-17(22)6-3-15;5-3(6)1-2-4(7)8/h2-7,12-14H,8-11,23H2,1H3;1-2H,(H,5,6)(H,7,8). The summed E-state index contributed by atoms with van der Waals surface area (Å²) >= 11 is 5.93. The number of carboxylic acid groups (broad SMARTS) is 2. The van der Waals surface area contributed by atoms with Gasteiger partial charge in [-0.2, -0.15) is 0 Å². The second kappa shape index (κ2) is 11.0. The maximum Gasteiger partial charge on any atom is 0.328 e. The van der Waals surface area contributed by atoms with Gasteiger partial charge in [-0.1, -0.05) is 11.6 Å². The molecule has 1 aliphatic rings. The van der Waals surface area contributed by atoms with E-state index in [1.165, 1.54) is 5.56 Å². The van der Waals surface area contributed by atoms with Crippen molar-refractivity contribution in [1.29, 1.82) is 0 Å². The molecule has 0 atom stereocenters. The third kappa shape index (κ3) is 6.24. The maximum atomic E-state index is 12.9. The third-order valence-electron chi connectivity index (χ3n) is 5.76. The van der Waals surface area contributed by atoms with E-state index in [2.05, 4.69) is 11.9 Å². The number of nitrogens with two attached hydrogens (primary N) is 1. The van der Waals surface area contributed by atoms with Crippen LogP contribution in [0.1, 0.15) is 40.2 Å². The van der Waals surface area contributed by atoms with E-state index in [9.17, 15) is 14.4 Å². The normalized spacial score (nSPS) is 14.6. The van der Waals surface area contributed by atoms with Gasteiger partial charge in [-0.15, -0.1) is 0 Å². The summed E-state index contributed by atoms with van der Waals surface area (Å²) in [4.78, 5) is 34.3. The molecule has 34 heavy (non-hydrogen) atoms. The van der Waals surface area contributed by atoms with Crippen LogP contribution in [0, 0.1) is 0 Å². The molecule has 1 aliphatic heterocycles. The number of ketones is 1. The van der Waals surface area contributed by atoms with Gasteiger partial charge < -0.3 is 21.0 Å². The first kappa shape index (κ1) is 25.0. The Hall–Kier alpha value is -3.62. The first-order valence-corrected chi connectivity index (χ1v) is 11.1. The molecular formula is C25H26ClN3O5. The van der Waals surface area contributed by atoms with Gasteiger partial charge in [0.1, 0.15) is 0 Å². The number of aromatic nitrogens is 1. The van der Waals surface area contributed by atoms with Crippen LogP contribution in [0.4, 0.5) is 0 Å². The van der Waals surface area contributed by atoms with Crippen molar-refractivity contribution in [3.63, 3.8) is 0 Å². The fourth-order valence-corrected chi connectivity index (χ4v) is 4.10. The molecule has 2 heterocycles. The number of likely N-dealkylation sites (tertiary alicyclic amines) is 1. The average molecular weight is 484 g/mol. The van der Waals surface area contributed by atoms with E-state index >= 15 is 0 Å². The first-order chi connectivity index (χ1) is 16.2. The fraction of sp³-hybridized carbons (Fsp3) is 0.240. The van der Waals surface area contributed by atoms with Gasteiger partial charge in [0.25, 0.3) is 0 Å². The lowest BCUT2D eigenvalue weighted by atomic mass is 9.88. The van der Waals surface area contributed by atoms with Crippen LogP contribution in [0.3, 0.4) is 0 Å². The molecule has 4 rings (SSSR count). The molecule has 0 radical (unpaired) electrons. The van der Waals surface area contributed by atoms with Gasteiger partial charge in [-0.25, -0.2) is 9.59 Å². The Kier molecular flexibility index (Phi) is 8.09. The van der Waals surface area contributed by atoms with Crippen LogP contribution in [0.25, 0.3) is 10.9 Å². The molecule has 1 saturated heterocycles. The smallest absolute Gasteiger partial charge is 0.328 e. The minimum absolute atomic E-state index is 0.00247. The molecule has 3 aromatic rings. The second-order valence-corrected chi connectivity index (χ2v) is 8.58. The zero-order chi connectivity index (χ0) is 24.8. The van der Waals surface area contributed by atoms with E-state index in [4.69, 9.17) is 27.7 Å². The lowest BCUT2D eigenvalue weighted by Crippen LogP contribution is -2.29. The first-order valence-electron chi connectivity index (χ1n) is 10.7. The number of hydrogen-bond donors (Lipinski definition) is 3. The van der Waals surface area contributed by atoms with Crippen molar-refractivity contribution in [2.24, 2.45) is 0 Å². The molecule has 0 bridgehead atoms. The molecule has 0 spiro atoms. The van der Waals surface area contributed by atoms with Crippen molar-refractivity contribution in [3.8, 4) is 0 Å². The maximum absolute atomic E-state index is 12.9. The number of piperidine rings is 1. The molecule has 8 nitrogen and oxygen atoms in total. The predicted octanol–water partition coefficient (Wildman–Crippen LogP) is 3.76. The minimum Gasteiger partial charge on any atom is -0.478 e. The van der Waals surface area contributed by atoms with E-state index in [1.54, 1.807) is 28.9 Å². The van der Waals surface area contributed by atoms with Crippen molar-refractivity contribution in [2.75, 3.05) is 26.0 Å². The van der Waals surface area contributed by atoms with Crippen LogP contribution in [0.2, 0.25) is 5.02 Å². The predicted molar refractivity (Wildman–Crippen MR) is 131 cm³/mol. The molecule has 0 unspecified atom stereocenters. The number of nitrogen functional groups attached to an aromatic ring is 1. The highest BCUT2D eigenvalue weighted by molar-refractivity contribution is 6.30. The van der Waals surface area contributed by atoms with Crippen LogP contribution >= 0.6 is 11.6 Å². The van der Waals surface area contributed by atoms with Crippen LogP contribution in [0.15, 0.2) is 60.8 Å². The highest BCUT2D eigenvalue weighted by atomic mass is 35.5. The lowest BCUT2D eigenvalue weighted by Gasteiger charge is -2.28. The molecular weight excluding hydrogens is 458 g/mol. The molecule has 0 aliphatic carbocycles. The minimum atomic E-state index is -1.26. The zero-order valence-electron chi connectivity index (χ0n) is 18.6. The molecule has 9 heteroatoms. The highest BCUT2D eigenvalue weighted by Crippen LogP contribution is 2.34. The largest absolute Gasteiger partial charge is 0.478 e. The van der Waals surface area contributed by atoms with Crippen LogP contribution in [-0.4, -0.2) is 57.6 Å². The second-order valence-electron chi connectivity index (χ2n) is 8.15. The highest BCUT2D eigenvalue weighted by Gasteiger charge is 2.23. The summed E-state index contributed by atoms with van der Waals surface area (Å²) in [5.74, 6) is 4.15. The Morgan fingerprint density at radius 3 is 2.09 bits per heavy atom. The van der Waals surface area contributed by atoms with Crippen LogP contribution in [-0.2, 0) is 9.59 Å². The average Bonchev–Trinajstić information content (AvgIpc) is 3.14. The zero-order valence-corrected chi connectivity index (χ0v) is 19.4. The monoisotopic (exact) mass is 483 g/mol. The third-order valence-corrected chi connectivity index (χ3v) is 6.01. The van der Waals surface area contributed by atoms with E-state index in [1.807, 2.05) is 24.4 Å². The van der Waals surface area contributed by atoms with E-state index < -0.39 is 11.9 Å². The number of fused-ring (bicyclic) bond motifs is 1. The molecule has 1 fully saturated rings. The van der Waals surface area contributed by atoms with Gasteiger partial charge in [-0.3, -0.25) is 9.47 Å². The number of carboxylic acids is 2. The molecule has 0 amide bonds. The summed E-state index contributed by atoms with van der Waals surface area (Å²) < 4.78 is 1.68. The Bertz CT molecular complexity index is 1210. The van der Waals surface area contributed by atoms with Crippen molar-refractivity contribution >= 4 is 40.2 Å². The molecule has 2 aromatic carbocycles. The fourth-order valence-electron chi connectivity index (χ4n) is 3.98. The Balaban J connectivity index is 0.000000350. The van der Waals surface area contributed by atoms with Gasteiger partial charge in [0.2, 0.25) is 0 Å². The summed E-state index contributed by atoms with van der Waals surface area (Å²) in [5.41, 5.74) is 3.54. The molecule has 1 aromatic heterocycles. The SMILES string of the molecule is CN1CCC(c2cn(N)c3ccc(C(=O)c4ccc(Cl)cc4)cc23)CC1.O=C(O)C=CC(=O)O. The summed E-state index contributed by atoms with van der Waals surface area (Å²) in [5, 5.41) is 17.3. The molecule has 4 N–H and O–H groups in total. The van der Waals surface area contributed by atoms with Crippen molar-refractivity contribution in [3.05, 3.63) is 82.5 Å². The summed E-state index contributed by atoms with van der Waals surface area (Å²) in [6, 6.07) is 12.8. The van der Waals surface area contributed by atoms with Crippen LogP contribution in [0.5, 0.6) is 0 Å². The summed E-state index contributed by atoms with van der Waals surface area (Å²) in [6.45, 7) is 2.18. The lowest BCUT2D eigenvalue weighted by molar-refractivity contribution is -0.134. The van der Waals surface area contributed by atoms with Gasteiger partial charge in [0.05, 0.1) is 5.52 Å². The Morgan fingerprint density at radius 2 is 1.53 bits per heavy atom. The number of hydrogen-bond acceptors (Lipinski definition) is 5. The molecule has 0 saturated carbocycles. The number of carbonyl (C=O) groups excluding carboxylic acids is 1. The van der Waals surface area contributed by atoms with Gasteiger partial charge in [0, 0.05) is 39.9 Å². The van der Waals surface area contributed by atoms with Crippen molar-refractivity contribution < 1.29 is 24.6 Å². The Labute approximate surface area is 201 Å². The topological polar surface area (TPSA) is 126 Å². The molecule has 178 valence electrons. The van der Waals surface area contributed by atoms with E-state index in [0.717, 1.165) is 36.8 Å². The number of carbonyl (C=O) groups is 3. The number of benzene rings is 2. The van der Waals surface area contributed by atoms with E-state index in [0.29, 0.717) is 34.2 Å². The number of halogens is 1. The summed E-state index contributed by atoms with van der Waals surface area (Å²) in [7, 11) is 2.16. The van der Waals surface area contributed by atoms with Crippen molar-refractivity contribution in [2.45, 2.75) is 18.8 Å². The van der Waals surface area contributed by atoms with Gasteiger partial charge in [-0.05, 0) is 86.9 Å². The number of aliphatic carboxylic acids is 2. The van der Waals surface area contributed by atoms with Crippen molar-refractivity contribution in [1.82, 2.24) is 9.58 Å². The number of nitrogens with zero attached hydrogens (tertiary/aromatic N) is 2. The number of rotatable bonds is 5.